The van der Waals surface area contributed by atoms with E-state index in [2.05, 4.69) is 12.0 Å². The number of halogens is 1. The first-order valence-corrected chi connectivity index (χ1v) is 6.94. The van der Waals surface area contributed by atoms with Gasteiger partial charge in [0.15, 0.2) is 5.82 Å². The van der Waals surface area contributed by atoms with E-state index in [1.54, 1.807) is 6.07 Å². The van der Waals surface area contributed by atoms with Crippen LogP contribution in [-0.2, 0) is 6.54 Å². The first-order valence-electron chi connectivity index (χ1n) is 6.94. The predicted octanol–water partition coefficient (Wildman–Crippen LogP) is 3.48. The topological polar surface area (TPSA) is 47.1 Å². The number of nitrogens with two attached hydrogens (primary N) is 1. The number of hydrogen-bond donors (Lipinski definition) is 1. The van der Waals surface area contributed by atoms with Crippen LogP contribution >= 0.6 is 0 Å². The van der Waals surface area contributed by atoms with Gasteiger partial charge in [0.1, 0.15) is 5.82 Å². The molecule has 1 aromatic carbocycles. The van der Waals surface area contributed by atoms with Crippen LogP contribution in [-0.4, -0.2) is 16.3 Å². The number of nitrogen functional groups attached to an aromatic ring is 1. The summed E-state index contributed by atoms with van der Waals surface area (Å²) in [5, 5.41) is 4.47. The van der Waals surface area contributed by atoms with Crippen molar-refractivity contribution in [3.05, 3.63) is 35.8 Å². The Bertz CT molecular complexity index is 592. The van der Waals surface area contributed by atoms with Gasteiger partial charge in [0.25, 0.3) is 0 Å². The van der Waals surface area contributed by atoms with Gasteiger partial charge in [-0.15, -0.1) is 0 Å². The predicted molar refractivity (Wildman–Crippen MR) is 80.7 cm³/mol. The van der Waals surface area contributed by atoms with E-state index in [0.717, 1.165) is 30.2 Å². The van der Waals surface area contributed by atoms with Gasteiger partial charge in [0.05, 0.1) is 11.4 Å². The summed E-state index contributed by atoms with van der Waals surface area (Å²) in [6.45, 7) is 7.49. The summed E-state index contributed by atoms with van der Waals surface area (Å²) in [5.41, 5.74) is 8.42. The monoisotopic (exact) mass is 276 g/mol. The Morgan fingerprint density at radius 2 is 2.10 bits per heavy atom. The SMILES string of the molecule is CCCn1nc(C)c(N)c1N(CC)c1cccc(F)c1. The zero-order valence-corrected chi connectivity index (χ0v) is 12.2. The van der Waals surface area contributed by atoms with E-state index >= 15 is 0 Å². The highest BCUT2D eigenvalue weighted by Gasteiger charge is 2.19. The number of aryl methyl sites for hydroxylation is 2. The summed E-state index contributed by atoms with van der Waals surface area (Å²) in [6, 6.07) is 6.54. The minimum absolute atomic E-state index is 0.252. The quantitative estimate of drug-likeness (QED) is 0.909. The molecule has 2 rings (SSSR count). The third kappa shape index (κ3) is 2.61. The first-order chi connectivity index (χ1) is 9.58. The van der Waals surface area contributed by atoms with E-state index in [-0.39, 0.29) is 5.82 Å². The third-order valence-corrected chi connectivity index (χ3v) is 3.27. The molecule has 0 radical (unpaired) electrons. The maximum atomic E-state index is 13.5. The molecule has 2 aromatic rings. The standard InChI is InChI=1S/C15H21FN4/c1-4-9-20-15(14(17)11(3)18-20)19(5-2)13-8-6-7-12(16)10-13/h6-8,10H,4-5,9,17H2,1-3H3. The number of rotatable bonds is 5. The second-order valence-electron chi connectivity index (χ2n) is 4.77. The highest BCUT2D eigenvalue weighted by atomic mass is 19.1. The van der Waals surface area contributed by atoms with E-state index in [1.165, 1.54) is 12.1 Å². The molecule has 0 aliphatic rings. The lowest BCUT2D eigenvalue weighted by Crippen LogP contribution is -2.21. The molecular weight excluding hydrogens is 255 g/mol. The maximum absolute atomic E-state index is 13.5. The van der Waals surface area contributed by atoms with E-state index in [4.69, 9.17) is 5.73 Å². The molecule has 0 bridgehead atoms. The van der Waals surface area contributed by atoms with Crippen molar-refractivity contribution in [2.45, 2.75) is 33.7 Å². The summed E-state index contributed by atoms with van der Waals surface area (Å²) in [4.78, 5) is 1.99. The number of hydrogen-bond acceptors (Lipinski definition) is 3. The van der Waals surface area contributed by atoms with Crippen molar-refractivity contribution >= 4 is 17.2 Å². The lowest BCUT2D eigenvalue weighted by molar-refractivity contribution is 0.595. The van der Waals surface area contributed by atoms with Crippen molar-refractivity contribution in [1.29, 1.82) is 0 Å². The van der Waals surface area contributed by atoms with Crippen LogP contribution in [0.4, 0.5) is 21.6 Å². The van der Waals surface area contributed by atoms with Crippen LogP contribution in [0.3, 0.4) is 0 Å². The molecule has 1 heterocycles. The molecule has 4 nitrogen and oxygen atoms in total. The average Bonchev–Trinajstić information content (AvgIpc) is 2.68. The number of anilines is 3. The molecule has 2 N–H and O–H groups in total. The van der Waals surface area contributed by atoms with Gasteiger partial charge in [-0.25, -0.2) is 9.07 Å². The van der Waals surface area contributed by atoms with Crippen molar-refractivity contribution in [2.24, 2.45) is 0 Å². The largest absolute Gasteiger partial charge is 0.394 e. The number of aromatic nitrogens is 2. The molecule has 20 heavy (non-hydrogen) atoms. The fourth-order valence-corrected chi connectivity index (χ4v) is 2.33. The van der Waals surface area contributed by atoms with Crippen LogP contribution in [0.1, 0.15) is 26.0 Å². The molecule has 0 unspecified atom stereocenters. The summed E-state index contributed by atoms with van der Waals surface area (Å²) in [6.07, 6.45) is 0.967. The Hall–Kier alpha value is -2.04. The molecule has 0 spiro atoms. The van der Waals surface area contributed by atoms with Crippen molar-refractivity contribution in [3.63, 3.8) is 0 Å². The molecule has 0 amide bonds. The fraction of sp³-hybridized carbons (Fsp3) is 0.400. The van der Waals surface area contributed by atoms with Gasteiger partial charge >= 0.3 is 0 Å². The van der Waals surface area contributed by atoms with Crippen LogP contribution in [0.25, 0.3) is 0 Å². The summed E-state index contributed by atoms with van der Waals surface area (Å²) >= 11 is 0. The zero-order chi connectivity index (χ0) is 14.7. The van der Waals surface area contributed by atoms with E-state index < -0.39 is 0 Å². The van der Waals surface area contributed by atoms with Gasteiger partial charge in [0, 0.05) is 18.8 Å². The van der Waals surface area contributed by atoms with Crippen molar-refractivity contribution in [3.8, 4) is 0 Å². The maximum Gasteiger partial charge on any atom is 0.155 e. The highest BCUT2D eigenvalue weighted by Crippen LogP contribution is 2.32. The third-order valence-electron chi connectivity index (χ3n) is 3.27. The van der Waals surface area contributed by atoms with Gasteiger partial charge in [-0.2, -0.15) is 5.10 Å². The van der Waals surface area contributed by atoms with Crippen LogP contribution in [0.2, 0.25) is 0 Å². The molecule has 0 saturated heterocycles. The Morgan fingerprint density at radius 3 is 2.70 bits per heavy atom. The molecule has 0 aliphatic heterocycles. The van der Waals surface area contributed by atoms with E-state index in [0.29, 0.717) is 12.2 Å². The molecule has 108 valence electrons. The smallest absolute Gasteiger partial charge is 0.155 e. The molecule has 0 atom stereocenters. The molecule has 0 saturated carbocycles. The zero-order valence-electron chi connectivity index (χ0n) is 12.2. The minimum Gasteiger partial charge on any atom is -0.394 e. The molecule has 0 fully saturated rings. The van der Waals surface area contributed by atoms with E-state index in [1.807, 2.05) is 29.5 Å². The highest BCUT2D eigenvalue weighted by molar-refractivity contribution is 5.73. The summed E-state index contributed by atoms with van der Waals surface area (Å²) < 4.78 is 15.4. The van der Waals surface area contributed by atoms with Gasteiger partial charge in [-0.3, -0.25) is 0 Å². The molecule has 0 aliphatic carbocycles. The van der Waals surface area contributed by atoms with Crippen molar-refractivity contribution in [2.75, 3.05) is 17.2 Å². The lowest BCUT2D eigenvalue weighted by Gasteiger charge is -2.24. The molecule has 1 aromatic heterocycles. The Labute approximate surface area is 119 Å². The molecule has 5 heteroatoms. The summed E-state index contributed by atoms with van der Waals surface area (Å²) in [7, 11) is 0. The van der Waals surface area contributed by atoms with Gasteiger partial charge in [0.2, 0.25) is 0 Å². The lowest BCUT2D eigenvalue weighted by atomic mass is 10.2. The normalized spacial score (nSPS) is 10.8. The molecular formula is C15H21FN4. The Balaban J connectivity index is 2.51. The number of benzene rings is 1. The first kappa shape index (κ1) is 14.4. The Kier molecular flexibility index (Phi) is 4.27. The van der Waals surface area contributed by atoms with Crippen molar-refractivity contribution in [1.82, 2.24) is 9.78 Å². The van der Waals surface area contributed by atoms with Gasteiger partial charge in [-0.1, -0.05) is 13.0 Å². The van der Waals surface area contributed by atoms with Gasteiger partial charge in [-0.05, 0) is 38.5 Å². The van der Waals surface area contributed by atoms with Gasteiger partial charge < -0.3 is 10.6 Å². The second kappa shape index (κ2) is 5.94. The minimum atomic E-state index is -0.252. The Morgan fingerprint density at radius 1 is 1.35 bits per heavy atom. The summed E-state index contributed by atoms with van der Waals surface area (Å²) in [5.74, 6) is 0.593. The van der Waals surface area contributed by atoms with Crippen LogP contribution in [0.5, 0.6) is 0 Å². The fourth-order valence-electron chi connectivity index (χ4n) is 2.33. The van der Waals surface area contributed by atoms with Crippen LogP contribution in [0.15, 0.2) is 24.3 Å². The van der Waals surface area contributed by atoms with E-state index in [9.17, 15) is 4.39 Å². The van der Waals surface area contributed by atoms with Crippen molar-refractivity contribution < 1.29 is 4.39 Å². The van der Waals surface area contributed by atoms with Crippen LogP contribution in [0, 0.1) is 12.7 Å². The second-order valence-corrected chi connectivity index (χ2v) is 4.77. The average molecular weight is 276 g/mol. The number of nitrogens with zero attached hydrogens (tertiary/aromatic N) is 3. The van der Waals surface area contributed by atoms with Crippen LogP contribution < -0.4 is 10.6 Å².